The number of aromatic carboxylic acids is 1. The van der Waals surface area contributed by atoms with Crippen molar-refractivity contribution in [2.75, 3.05) is 0 Å². The van der Waals surface area contributed by atoms with Crippen LogP contribution >= 0.6 is 0 Å². The largest absolute Gasteiger partial charge is 0.477 e. The van der Waals surface area contributed by atoms with Gasteiger partial charge in [-0.1, -0.05) is 6.07 Å². The van der Waals surface area contributed by atoms with Crippen molar-refractivity contribution in [1.82, 2.24) is 4.40 Å². The molecule has 0 amide bonds. The van der Waals surface area contributed by atoms with E-state index in [4.69, 9.17) is 5.11 Å². The maximum absolute atomic E-state index is 11.7. The predicted octanol–water partition coefficient (Wildman–Crippen LogP) is 1.31. The van der Waals surface area contributed by atoms with Crippen molar-refractivity contribution in [2.24, 2.45) is 0 Å². The van der Waals surface area contributed by atoms with E-state index in [1.807, 2.05) is 13.0 Å². The topological polar surface area (TPSA) is 58.8 Å². The van der Waals surface area contributed by atoms with E-state index in [0.29, 0.717) is 0 Å². The average Bonchev–Trinajstić information content (AvgIpc) is 2.19. The minimum atomic E-state index is -1.20. The smallest absolute Gasteiger partial charge is 0.341 e. The number of hydrogen-bond acceptors (Lipinski definition) is 2. The summed E-state index contributed by atoms with van der Waals surface area (Å²) in [5, 5.41) is 8.78. The van der Waals surface area contributed by atoms with Gasteiger partial charge in [0, 0.05) is 6.20 Å². The molecule has 2 rings (SSSR count). The zero-order chi connectivity index (χ0) is 11.0. The summed E-state index contributed by atoms with van der Waals surface area (Å²) in [6, 6.07) is 6.57. The van der Waals surface area contributed by atoms with Crippen LogP contribution < -0.4 is 5.56 Å². The van der Waals surface area contributed by atoms with Gasteiger partial charge in [0.1, 0.15) is 5.56 Å². The molecule has 4 nitrogen and oxygen atoms in total. The van der Waals surface area contributed by atoms with E-state index in [-0.39, 0.29) is 5.56 Å². The Labute approximate surface area is 85.4 Å². The average molecular weight is 203 g/mol. The van der Waals surface area contributed by atoms with Gasteiger partial charge in [-0.3, -0.25) is 9.20 Å². The molecule has 0 spiro atoms. The Kier molecular flexibility index (Phi) is 2.04. The van der Waals surface area contributed by atoms with Crippen LogP contribution in [-0.4, -0.2) is 15.5 Å². The van der Waals surface area contributed by atoms with Gasteiger partial charge < -0.3 is 5.11 Å². The van der Waals surface area contributed by atoms with Gasteiger partial charge in [-0.2, -0.15) is 0 Å². The normalized spacial score (nSPS) is 10.5. The standard InChI is InChI=1S/C11H9NO3/c1-7-3-2-6-12-9(7)5-4-8(10(12)13)11(14)15/h2-6H,1H3,(H,14,15). The number of rotatable bonds is 1. The van der Waals surface area contributed by atoms with Crippen molar-refractivity contribution in [3.63, 3.8) is 0 Å². The van der Waals surface area contributed by atoms with Crippen molar-refractivity contribution >= 4 is 11.5 Å². The summed E-state index contributed by atoms with van der Waals surface area (Å²) in [5.74, 6) is -1.20. The van der Waals surface area contributed by atoms with Gasteiger partial charge in [0.2, 0.25) is 0 Å². The molecule has 0 bridgehead atoms. The van der Waals surface area contributed by atoms with Crippen molar-refractivity contribution in [2.45, 2.75) is 6.92 Å². The minimum Gasteiger partial charge on any atom is -0.477 e. The Bertz CT molecular complexity index is 598. The second kappa shape index (κ2) is 3.24. The summed E-state index contributed by atoms with van der Waals surface area (Å²) in [4.78, 5) is 22.4. The number of aryl methyl sites for hydroxylation is 1. The van der Waals surface area contributed by atoms with Crippen molar-refractivity contribution in [3.8, 4) is 0 Å². The molecule has 0 aliphatic rings. The van der Waals surface area contributed by atoms with Crippen molar-refractivity contribution in [3.05, 3.63) is 51.9 Å². The van der Waals surface area contributed by atoms with Crippen molar-refractivity contribution < 1.29 is 9.90 Å². The first kappa shape index (κ1) is 9.45. The fourth-order valence-corrected chi connectivity index (χ4v) is 1.54. The third-order valence-electron chi connectivity index (χ3n) is 2.33. The molecule has 0 saturated carbocycles. The molecule has 0 fully saturated rings. The van der Waals surface area contributed by atoms with Crippen molar-refractivity contribution in [1.29, 1.82) is 0 Å². The van der Waals surface area contributed by atoms with Gasteiger partial charge >= 0.3 is 5.97 Å². The number of hydrogen-bond donors (Lipinski definition) is 1. The molecule has 2 aromatic heterocycles. The second-order valence-corrected chi connectivity index (χ2v) is 3.30. The summed E-state index contributed by atoms with van der Waals surface area (Å²) in [5.41, 5.74) is 0.959. The van der Waals surface area contributed by atoms with E-state index in [2.05, 4.69) is 0 Å². The lowest BCUT2D eigenvalue weighted by Crippen LogP contribution is -2.21. The second-order valence-electron chi connectivity index (χ2n) is 3.30. The lowest BCUT2D eigenvalue weighted by Gasteiger charge is -2.04. The fraction of sp³-hybridized carbons (Fsp3) is 0.0909. The Morgan fingerprint density at radius 1 is 1.33 bits per heavy atom. The van der Waals surface area contributed by atoms with Crippen LogP contribution in [0.2, 0.25) is 0 Å². The van der Waals surface area contributed by atoms with Gasteiger partial charge in [0.15, 0.2) is 0 Å². The molecular formula is C11H9NO3. The molecular weight excluding hydrogens is 194 g/mol. The Balaban J connectivity index is 2.92. The highest BCUT2D eigenvalue weighted by Crippen LogP contribution is 2.07. The highest BCUT2D eigenvalue weighted by molar-refractivity contribution is 5.87. The van der Waals surface area contributed by atoms with Gasteiger partial charge in [0.05, 0.1) is 5.52 Å². The van der Waals surface area contributed by atoms with Gasteiger partial charge in [-0.15, -0.1) is 0 Å². The van der Waals surface area contributed by atoms with Crippen LogP contribution in [0.15, 0.2) is 35.3 Å². The number of carbonyl (C=O) groups is 1. The Morgan fingerprint density at radius 2 is 2.07 bits per heavy atom. The molecule has 2 aromatic rings. The zero-order valence-corrected chi connectivity index (χ0v) is 8.10. The summed E-state index contributed by atoms with van der Waals surface area (Å²) in [6.07, 6.45) is 1.57. The van der Waals surface area contributed by atoms with Crippen LogP contribution in [0.4, 0.5) is 0 Å². The number of nitrogens with zero attached hydrogens (tertiary/aromatic N) is 1. The number of carboxylic acids is 1. The molecule has 0 saturated heterocycles. The van der Waals surface area contributed by atoms with Crippen LogP contribution in [-0.2, 0) is 0 Å². The summed E-state index contributed by atoms with van der Waals surface area (Å²) in [6.45, 7) is 1.87. The molecule has 1 N–H and O–H groups in total. The SMILES string of the molecule is Cc1cccn2c(=O)c(C(=O)O)ccc12. The molecule has 76 valence electrons. The Hall–Kier alpha value is -2.10. The van der Waals surface area contributed by atoms with Gasteiger partial charge in [-0.05, 0) is 30.7 Å². The number of pyridine rings is 2. The number of aromatic nitrogens is 1. The van der Waals surface area contributed by atoms with Crippen LogP contribution in [0.1, 0.15) is 15.9 Å². The first-order chi connectivity index (χ1) is 7.11. The van der Waals surface area contributed by atoms with Crippen LogP contribution in [0.5, 0.6) is 0 Å². The highest BCUT2D eigenvalue weighted by Gasteiger charge is 2.10. The van der Waals surface area contributed by atoms with Crippen LogP contribution in [0.3, 0.4) is 0 Å². The number of carboxylic acid groups (broad SMARTS) is 1. The van der Waals surface area contributed by atoms with E-state index in [0.717, 1.165) is 11.1 Å². The molecule has 0 radical (unpaired) electrons. The molecule has 0 aromatic carbocycles. The lowest BCUT2D eigenvalue weighted by atomic mass is 10.2. The highest BCUT2D eigenvalue weighted by atomic mass is 16.4. The molecule has 0 aliphatic heterocycles. The lowest BCUT2D eigenvalue weighted by molar-refractivity contribution is 0.0695. The van der Waals surface area contributed by atoms with Crippen LogP contribution in [0.25, 0.3) is 5.52 Å². The zero-order valence-electron chi connectivity index (χ0n) is 8.10. The third kappa shape index (κ3) is 1.40. The van der Waals surface area contributed by atoms with E-state index in [1.54, 1.807) is 18.3 Å². The fourth-order valence-electron chi connectivity index (χ4n) is 1.54. The molecule has 0 atom stereocenters. The van der Waals surface area contributed by atoms with E-state index in [1.165, 1.54) is 10.5 Å². The molecule has 4 heteroatoms. The van der Waals surface area contributed by atoms with E-state index in [9.17, 15) is 9.59 Å². The predicted molar refractivity (Wildman–Crippen MR) is 55.4 cm³/mol. The van der Waals surface area contributed by atoms with Gasteiger partial charge in [-0.25, -0.2) is 4.79 Å². The van der Waals surface area contributed by atoms with Crippen LogP contribution in [0, 0.1) is 6.92 Å². The summed E-state index contributed by atoms with van der Waals surface area (Å²) < 4.78 is 1.35. The summed E-state index contributed by atoms with van der Waals surface area (Å²) in [7, 11) is 0. The summed E-state index contributed by atoms with van der Waals surface area (Å²) >= 11 is 0. The first-order valence-electron chi connectivity index (χ1n) is 4.45. The monoisotopic (exact) mass is 203 g/mol. The maximum Gasteiger partial charge on any atom is 0.341 e. The third-order valence-corrected chi connectivity index (χ3v) is 2.33. The molecule has 0 unspecified atom stereocenters. The number of fused-ring (bicyclic) bond motifs is 1. The molecule has 15 heavy (non-hydrogen) atoms. The minimum absolute atomic E-state index is 0.210. The molecule has 2 heterocycles. The first-order valence-corrected chi connectivity index (χ1v) is 4.45. The van der Waals surface area contributed by atoms with E-state index < -0.39 is 11.5 Å². The quantitative estimate of drug-likeness (QED) is 0.760. The van der Waals surface area contributed by atoms with E-state index >= 15 is 0 Å². The molecule has 0 aliphatic carbocycles. The maximum atomic E-state index is 11.7. The van der Waals surface area contributed by atoms with Gasteiger partial charge in [0.25, 0.3) is 5.56 Å². The Morgan fingerprint density at radius 3 is 2.73 bits per heavy atom.